The Bertz CT molecular complexity index is 938. The summed E-state index contributed by atoms with van der Waals surface area (Å²) in [5, 5.41) is 30.6. The van der Waals surface area contributed by atoms with Crippen molar-refractivity contribution in [3.8, 4) is 5.75 Å². The zero-order valence-corrected chi connectivity index (χ0v) is 11.9. The molecule has 23 heavy (non-hydrogen) atoms. The fourth-order valence-electron chi connectivity index (χ4n) is 2.22. The lowest BCUT2D eigenvalue weighted by Gasteiger charge is -2.03. The van der Waals surface area contributed by atoms with E-state index in [1.807, 2.05) is 18.2 Å². The summed E-state index contributed by atoms with van der Waals surface area (Å²) in [5.74, 6) is -0.0504. The smallest absolute Gasteiger partial charge is 0.298 e. The fourth-order valence-corrected chi connectivity index (χ4v) is 2.22. The summed E-state index contributed by atoms with van der Waals surface area (Å²) in [5.41, 5.74) is 5.90. The van der Waals surface area contributed by atoms with Crippen molar-refractivity contribution in [2.75, 3.05) is 5.73 Å². The third kappa shape index (κ3) is 2.80. The lowest BCUT2D eigenvalue weighted by Crippen LogP contribution is -1.91. The minimum Gasteiger partial charge on any atom is -0.506 e. The van der Waals surface area contributed by atoms with Gasteiger partial charge < -0.3 is 10.8 Å². The number of aromatic hydroxyl groups is 1. The molecule has 0 saturated heterocycles. The molecule has 0 bridgehead atoms. The molecule has 0 atom stereocenters. The molecule has 0 radical (unpaired) electrons. The van der Waals surface area contributed by atoms with Crippen molar-refractivity contribution >= 4 is 33.5 Å². The van der Waals surface area contributed by atoms with E-state index in [1.165, 1.54) is 24.3 Å². The average Bonchev–Trinajstić information content (AvgIpc) is 2.54. The van der Waals surface area contributed by atoms with E-state index in [9.17, 15) is 15.2 Å². The van der Waals surface area contributed by atoms with Gasteiger partial charge in [-0.1, -0.05) is 30.3 Å². The van der Waals surface area contributed by atoms with Crippen LogP contribution in [0, 0.1) is 10.1 Å². The van der Waals surface area contributed by atoms with E-state index in [-0.39, 0.29) is 28.5 Å². The first-order valence-electron chi connectivity index (χ1n) is 6.72. The minimum atomic E-state index is -0.576. The molecule has 0 amide bonds. The highest BCUT2D eigenvalue weighted by molar-refractivity contribution is 5.95. The quantitative estimate of drug-likeness (QED) is 0.322. The van der Waals surface area contributed by atoms with Gasteiger partial charge in [0, 0.05) is 17.1 Å². The van der Waals surface area contributed by atoms with E-state index in [2.05, 4.69) is 10.2 Å². The van der Waals surface area contributed by atoms with Gasteiger partial charge in [-0.3, -0.25) is 10.1 Å². The van der Waals surface area contributed by atoms with Crippen LogP contribution in [0.15, 0.2) is 64.8 Å². The second kappa shape index (κ2) is 5.72. The predicted molar refractivity (Wildman–Crippen MR) is 87.3 cm³/mol. The fraction of sp³-hybridized carbons (Fsp3) is 0. The SMILES string of the molecule is Nc1ccc(N=Nc2c(O)ccc3ccccc23)c([N+](=O)[O-])c1. The summed E-state index contributed by atoms with van der Waals surface area (Å²) in [6.07, 6.45) is 0. The van der Waals surface area contributed by atoms with Gasteiger partial charge >= 0.3 is 0 Å². The van der Waals surface area contributed by atoms with Crippen molar-refractivity contribution in [1.29, 1.82) is 0 Å². The zero-order chi connectivity index (χ0) is 16.4. The number of fused-ring (bicyclic) bond motifs is 1. The Hall–Kier alpha value is -3.48. The summed E-state index contributed by atoms with van der Waals surface area (Å²) in [6, 6.07) is 14.8. The number of nitrogens with zero attached hydrogens (tertiary/aromatic N) is 3. The summed E-state index contributed by atoms with van der Waals surface area (Å²) in [7, 11) is 0. The van der Waals surface area contributed by atoms with E-state index in [0.717, 1.165) is 5.39 Å². The maximum Gasteiger partial charge on any atom is 0.298 e. The summed E-state index contributed by atoms with van der Waals surface area (Å²) < 4.78 is 0. The molecule has 0 heterocycles. The van der Waals surface area contributed by atoms with Crippen LogP contribution < -0.4 is 5.73 Å². The molecule has 3 aromatic carbocycles. The third-order valence-corrected chi connectivity index (χ3v) is 3.33. The number of azo groups is 1. The van der Waals surface area contributed by atoms with Gasteiger partial charge in [-0.25, -0.2) is 0 Å². The molecule has 7 nitrogen and oxygen atoms in total. The monoisotopic (exact) mass is 308 g/mol. The van der Waals surface area contributed by atoms with Crippen LogP contribution >= 0.6 is 0 Å². The summed E-state index contributed by atoms with van der Waals surface area (Å²) in [4.78, 5) is 10.5. The molecule has 0 saturated carbocycles. The molecule has 7 heteroatoms. The van der Waals surface area contributed by atoms with Crippen LogP contribution in [0.3, 0.4) is 0 Å². The van der Waals surface area contributed by atoms with Gasteiger partial charge in [0.05, 0.1) is 4.92 Å². The minimum absolute atomic E-state index is 0.0504. The largest absolute Gasteiger partial charge is 0.506 e. The first-order valence-corrected chi connectivity index (χ1v) is 6.72. The van der Waals surface area contributed by atoms with E-state index in [4.69, 9.17) is 5.73 Å². The Morgan fingerprint density at radius 2 is 1.83 bits per heavy atom. The molecule has 3 rings (SSSR count). The lowest BCUT2D eigenvalue weighted by atomic mass is 10.1. The van der Waals surface area contributed by atoms with Crippen molar-refractivity contribution in [2.24, 2.45) is 10.2 Å². The van der Waals surface area contributed by atoms with Gasteiger partial charge in [-0.05, 0) is 23.6 Å². The van der Waals surface area contributed by atoms with Crippen molar-refractivity contribution in [3.63, 3.8) is 0 Å². The Kier molecular flexibility index (Phi) is 3.60. The van der Waals surface area contributed by atoms with Crippen molar-refractivity contribution in [2.45, 2.75) is 0 Å². The standard InChI is InChI=1S/C16H12N4O3/c17-11-6-7-13(14(9-11)20(22)23)18-19-16-12-4-2-1-3-10(12)5-8-15(16)21/h1-9,21H,17H2. The molecule has 3 N–H and O–H groups in total. The molecular weight excluding hydrogens is 296 g/mol. The third-order valence-electron chi connectivity index (χ3n) is 3.33. The van der Waals surface area contributed by atoms with Crippen LogP contribution in [0.4, 0.5) is 22.7 Å². The molecule has 0 aliphatic rings. The van der Waals surface area contributed by atoms with Crippen molar-refractivity contribution < 1.29 is 10.0 Å². The molecule has 0 unspecified atom stereocenters. The Morgan fingerprint density at radius 3 is 2.61 bits per heavy atom. The second-order valence-corrected chi connectivity index (χ2v) is 4.86. The number of hydrogen-bond acceptors (Lipinski definition) is 6. The number of nitrogens with two attached hydrogens (primary N) is 1. The van der Waals surface area contributed by atoms with E-state index in [0.29, 0.717) is 5.39 Å². The predicted octanol–water partition coefficient (Wildman–Crippen LogP) is 4.45. The Morgan fingerprint density at radius 1 is 1.04 bits per heavy atom. The highest BCUT2D eigenvalue weighted by Crippen LogP contribution is 2.37. The first kappa shape index (κ1) is 14.5. The van der Waals surface area contributed by atoms with Gasteiger partial charge in [0.2, 0.25) is 0 Å². The molecule has 0 aliphatic heterocycles. The highest BCUT2D eigenvalue weighted by atomic mass is 16.6. The number of benzene rings is 3. The molecule has 3 aromatic rings. The number of hydrogen-bond donors (Lipinski definition) is 2. The number of phenolic OH excluding ortho intramolecular Hbond substituents is 1. The zero-order valence-electron chi connectivity index (χ0n) is 11.9. The summed E-state index contributed by atoms with van der Waals surface area (Å²) >= 11 is 0. The Labute approximate surface area is 130 Å². The normalized spacial score (nSPS) is 11.1. The van der Waals surface area contributed by atoms with Gasteiger partial charge in [-0.15, -0.1) is 10.2 Å². The maximum absolute atomic E-state index is 11.1. The van der Waals surface area contributed by atoms with Crippen LogP contribution in [0.2, 0.25) is 0 Å². The van der Waals surface area contributed by atoms with Crippen LogP contribution in [-0.4, -0.2) is 10.0 Å². The number of rotatable bonds is 3. The van der Waals surface area contributed by atoms with Crippen molar-refractivity contribution in [3.05, 3.63) is 64.7 Å². The van der Waals surface area contributed by atoms with Gasteiger partial charge in [0.15, 0.2) is 5.69 Å². The van der Waals surface area contributed by atoms with Gasteiger partial charge in [0.1, 0.15) is 11.4 Å². The number of nitrogen functional groups attached to an aromatic ring is 1. The average molecular weight is 308 g/mol. The number of nitro groups is 1. The first-order chi connectivity index (χ1) is 11.1. The number of phenols is 1. The molecule has 0 aromatic heterocycles. The topological polar surface area (TPSA) is 114 Å². The Balaban J connectivity index is 2.11. The van der Waals surface area contributed by atoms with Gasteiger partial charge in [-0.2, -0.15) is 0 Å². The van der Waals surface area contributed by atoms with E-state index >= 15 is 0 Å². The maximum atomic E-state index is 11.1. The number of anilines is 1. The molecule has 0 aliphatic carbocycles. The van der Waals surface area contributed by atoms with E-state index in [1.54, 1.807) is 12.1 Å². The van der Waals surface area contributed by atoms with Crippen LogP contribution in [-0.2, 0) is 0 Å². The number of nitro benzene ring substituents is 1. The second-order valence-electron chi connectivity index (χ2n) is 4.86. The van der Waals surface area contributed by atoms with Crippen LogP contribution in [0.1, 0.15) is 0 Å². The van der Waals surface area contributed by atoms with Crippen LogP contribution in [0.25, 0.3) is 10.8 Å². The molecule has 0 fully saturated rings. The lowest BCUT2D eigenvalue weighted by molar-refractivity contribution is -0.384. The van der Waals surface area contributed by atoms with Crippen molar-refractivity contribution in [1.82, 2.24) is 0 Å². The van der Waals surface area contributed by atoms with Gasteiger partial charge in [0.25, 0.3) is 5.69 Å². The molecule has 0 spiro atoms. The molecular formula is C16H12N4O3. The molecule has 114 valence electrons. The van der Waals surface area contributed by atoms with Crippen LogP contribution in [0.5, 0.6) is 5.75 Å². The summed E-state index contributed by atoms with van der Waals surface area (Å²) in [6.45, 7) is 0. The highest BCUT2D eigenvalue weighted by Gasteiger charge is 2.14. The van der Waals surface area contributed by atoms with E-state index < -0.39 is 4.92 Å².